The Bertz CT molecular complexity index is 1030. The number of benzene rings is 2. The van der Waals surface area contributed by atoms with Crippen LogP contribution in [0.4, 0.5) is 5.69 Å². The summed E-state index contributed by atoms with van der Waals surface area (Å²) >= 11 is 0. The highest BCUT2D eigenvalue weighted by molar-refractivity contribution is 6.00. The van der Waals surface area contributed by atoms with Gasteiger partial charge in [0.15, 0.2) is 5.78 Å². The topological polar surface area (TPSA) is 89.8 Å². The van der Waals surface area contributed by atoms with Gasteiger partial charge in [-0.15, -0.1) is 5.10 Å². The van der Waals surface area contributed by atoms with Gasteiger partial charge >= 0.3 is 0 Å². The van der Waals surface area contributed by atoms with Gasteiger partial charge in [0.1, 0.15) is 6.33 Å². The molecule has 0 radical (unpaired) electrons. The monoisotopic (exact) mass is 375 g/mol. The van der Waals surface area contributed by atoms with Gasteiger partial charge in [0.05, 0.1) is 5.69 Å². The highest BCUT2D eigenvalue weighted by atomic mass is 16.2. The molecule has 7 nitrogen and oxygen atoms in total. The highest BCUT2D eigenvalue weighted by Crippen LogP contribution is 2.23. The SMILES string of the molecule is Cc1cc(NC(=O)CCC(=O)c2ccc3c(c2)CCC3)ccc1-n1cnnn1. The van der Waals surface area contributed by atoms with Crippen molar-refractivity contribution in [2.24, 2.45) is 0 Å². The van der Waals surface area contributed by atoms with Crippen molar-refractivity contribution in [3.05, 3.63) is 65.0 Å². The second kappa shape index (κ2) is 7.72. The number of hydrogen-bond acceptors (Lipinski definition) is 5. The second-order valence-electron chi connectivity index (χ2n) is 7.06. The lowest BCUT2D eigenvalue weighted by molar-refractivity contribution is -0.116. The van der Waals surface area contributed by atoms with E-state index in [1.165, 1.54) is 17.5 Å². The molecule has 0 unspecified atom stereocenters. The van der Waals surface area contributed by atoms with E-state index in [1.54, 1.807) is 10.7 Å². The van der Waals surface area contributed by atoms with Gasteiger partial charge in [-0.05, 0) is 77.6 Å². The van der Waals surface area contributed by atoms with Crippen LogP contribution in [0.15, 0.2) is 42.7 Å². The van der Waals surface area contributed by atoms with E-state index in [0.29, 0.717) is 11.3 Å². The van der Waals surface area contributed by atoms with Crippen molar-refractivity contribution in [3.63, 3.8) is 0 Å². The molecule has 0 spiro atoms. The Morgan fingerprint density at radius 2 is 1.93 bits per heavy atom. The molecule has 0 saturated heterocycles. The molecule has 0 fully saturated rings. The van der Waals surface area contributed by atoms with Gasteiger partial charge in [-0.3, -0.25) is 9.59 Å². The summed E-state index contributed by atoms with van der Waals surface area (Å²) in [6.45, 7) is 1.92. The highest BCUT2D eigenvalue weighted by Gasteiger charge is 2.15. The Morgan fingerprint density at radius 1 is 1.07 bits per heavy atom. The maximum atomic E-state index is 12.4. The average molecular weight is 375 g/mol. The number of carbonyl (C=O) groups is 2. The zero-order chi connectivity index (χ0) is 19.5. The molecule has 0 saturated carbocycles. The predicted molar refractivity (Wildman–Crippen MR) is 105 cm³/mol. The Labute approximate surface area is 162 Å². The number of hydrogen-bond donors (Lipinski definition) is 1. The van der Waals surface area contributed by atoms with Crippen LogP contribution in [0.25, 0.3) is 5.69 Å². The van der Waals surface area contributed by atoms with Crippen LogP contribution < -0.4 is 5.32 Å². The fraction of sp³-hybridized carbons (Fsp3) is 0.286. The quantitative estimate of drug-likeness (QED) is 0.669. The van der Waals surface area contributed by atoms with Crippen LogP contribution >= 0.6 is 0 Å². The number of aryl methyl sites for hydroxylation is 3. The number of amides is 1. The summed E-state index contributed by atoms with van der Waals surface area (Å²) < 4.78 is 1.57. The van der Waals surface area contributed by atoms with Crippen LogP contribution in [-0.4, -0.2) is 31.9 Å². The van der Waals surface area contributed by atoms with Gasteiger partial charge in [0.2, 0.25) is 5.91 Å². The average Bonchev–Trinajstić information content (AvgIpc) is 3.37. The van der Waals surface area contributed by atoms with E-state index in [9.17, 15) is 9.59 Å². The molecule has 1 heterocycles. The van der Waals surface area contributed by atoms with Crippen molar-refractivity contribution < 1.29 is 9.59 Å². The molecule has 1 N–H and O–H groups in total. The summed E-state index contributed by atoms with van der Waals surface area (Å²) in [4.78, 5) is 24.7. The molecule has 28 heavy (non-hydrogen) atoms. The number of fused-ring (bicyclic) bond motifs is 1. The summed E-state index contributed by atoms with van der Waals surface area (Å²) in [6.07, 6.45) is 5.16. The minimum atomic E-state index is -0.177. The van der Waals surface area contributed by atoms with E-state index >= 15 is 0 Å². The maximum Gasteiger partial charge on any atom is 0.224 e. The predicted octanol–water partition coefficient (Wildman–Crippen LogP) is 3.06. The molecule has 1 aliphatic rings. The molecular formula is C21H21N5O2. The molecule has 3 aromatic rings. The molecule has 1 amide bonds. The summed E-state index contributed by atoms with van der Waals surface area (Å²) in [5.41, 5.74) is 5.77. The fourth-order valence-corrected chi connectivity index (χ4v) is 3.60. The Hall–Kier alpha value is -3.35. The molecule has 4 rings (SSSR count). The van der Waals surface area contributed by atoms with Crippen LogP contribution in [0.1, 0.15) is 46.3 Å². The second-order valence-corrected chi connectivity index (χ2v) is 7.06. The molecule has 0 atom stereocenters. The van der Waals surface area contributed by atoms with E-state index in [-0.39, 0.29) is 24.5 Å². The number of Topliss-reactive ketones (excluding diaryl/α,β-unsaturated/α-hetero) is 1. The number of rotatable bonds is 6. The number of tetrazole rings is 1. The van der Waals surface area contributed by atoms with Gasteiger partial charge in [-0.2, -0.15) is 0 Å². The molecular weight excluding hydrogens is 354 g/mol. The van der Waals surface area contributed by atoms with E-state index in [0.717, 1.165) is 30.5 Å². The molecule has 142 valence electrons. The first-order valence-corrected chi connectivity index (χ1v) is 9.39. The van der Waals surface area contributed by atoms with Crippen molar-refractivity contribution in [1.82, 2.24) is 20.2 Å². The maximum absolute atomic E-state index is 12.4. The van der Waals surface area contributed by atoms with Gasteiger partial charge in [0, 0.05) is 24.1 Å². The van der Waals surface area contributed by atoms with Crippen molar-refractivity contribution in [1.29, 1.82) is 0 Å². The zero-order valence-electron chi connectivity index (χ0n) is 15.7. The van der Waals surface area contributed by atoms with Gasteiger partial charge in [0.25, 0.3) is 0 Å². The van der Waals surface area contributed by atoms with Crippen LogP contribution in [0.5, 0.6) is 0 Å². The number of carbonyl (C=O) groups excluding carboxylic acids is 2. The van der Waals surface area contributed by atoms with Crippen LogP contribution in [0, 0.1) is 6.92 Å². The third-order valence-corrected chi connectivity index (χ3v) is 5.08. The standard InChI is InChI=1S/C21H21N5O2/c1-14-11-18(7-8-19(14)26-13-22-24-25-26)23-21(28)10-9-20(27)17-6-5-15-3-2-4-16(15)12-17/h5-8,11-13H,2-4,9-10H2,1H3,(H,23,28). The third-order valence-electron chi connectivity index (χ3n) is 5.08. The molecule has 1 aliphatic carbocycles. The number of nitrogens with zero attached hydrogens (tertiary/aromatic N) is 4. The lowest BCUT2D eigenvalue weighted by Gasteiger charge is -2.09. The van der Waals surface area contributed by atoms with E-state index in [2.05, 4.69) is 20.8 Å². The number of aromatic nitrogens is 4. The molecule has 2 aromatic carbocycles. The van der Waals surface area contributed by atoms with E-state index in [1.807, 2.05) is 37.3 Å². The summed E-state index contributed by atoms with van der Waals surface area (Å²) in [7, 11) is 0. The lowest BCUT2D eigenvalue weighted by atomic mass is 10.0. The lowest BCUT2D eigenvalue weighted by Crippen LogP contribution is -2.14. The first-order chi connectivity index (χ1) is 13.6. The molecule has 7 heteroatoms. The minimum Gasteiger partial charge on any atom is -0.326 e. The number of nitrogens with one attached hydrogen (secondary N) is 1. The van der Waals surface area contributed by atoms with Gasteiger partial charge in [-0.1, -0.05) is 12.1 Å². The van der Waals surface area contributed by atoms with Crippen molar-refractivity contribution in [2.75, 3.05) is 5.32 Å². The fourth-order valence-electron chi connectivity index (χ4n) is 3.60. The third kappa shape index (κ3) is 3.83. The first-order valence-electron chi connectivity index (χ1n) is 9.39. The summed E-state index contributed by atoms with van der Waals surface area (Å²) in [6, 6.07) is 11.4. The van der Waals surface area contributed by atoms with Gasteiger partial charge < -0.3 is 5.32 Å². The largest absolute Gasteiger partial charge is 0.326 e. The number of anilines is 1. The minimum absolute atomic E-state index is 0.00932. The smallest absolute Gasteiger partial charge is 0.224 e. The molecule has 0 bridgehead atoms. The van der Waals surface area contributed by atoms with Crippen molar-refractivity contribution in [3.8, 4) is 5.69 Å². The summed E-state index contributed by atoms with van der Waals surface area (Å²) in [5.74, 6) is -0.167. The number of ketones is 1. The van der Waals surface area contributed by atoms with Crippen LogP contribution in [0.2, 0.25) is 0 Å². The zero-order valence-corrected chi connectivity index (χ0v) is 15.7. The van der Waals surface area contributed by atoms with E-state index in [4.69, 9.17) is 0 Å². The normalized spacial score (nSPS) is 12.6. The van der Waals surface area contributed by atoms with Crippen LogP contribution in [0.3, 0.4) is 0 Å². The van der Waals surface area contributed by atoms with E-state index < -0.39 is 0 Å². The Morgan fingerprint density at radius 3 is 2.71 bits per heavy atom. The van der Waals surface area contributed by atoms with Crippen LogP contribution in [-0.2, 0) is 17.6 Å². The Balaban J connectivity index is 1.34. The van der Waals surface area contributed by atoms with Gasteiger partial charge in [-0.25, -0.2) is 4.68 Å². The molecule has 1 aromatic heterocycles. The Kier molecular flexibility index (Phi) is 4.97. The van der Waals surface area contributed by atoms with Crippen molar-refractivity contribution >= 4 is 17.4 Å². The summed E-state index contributed by atoms with van der Waals surface area (Å²) in [5, 5.41) is 14.0. The first kappa shape index (κ1) is 18.0. The molecule has 0 aliphatic heterocycles. The van der Waals surface area contributed by atoms with Crippen molar-refractivity contribution in [2.45, 2.75) is 39.0 Å².